The molecule has 4 nitrogen and oxygen atoms in total. The van der Waals surface area contributed by atoms with Crippen molar-refractivity contribution in [2.24, 2.45) is 11.7 Å². The van der Waals surface area contributed by atoms with Gasteiger partial charge in [0.25, 0.3) is 0 Å². The third kappa shape index (κ3) is 3.44. The molecular formula is C16H26N2O2. The lowest BCUT2D eigenvalue weighted by Crippen LogP contribution is -2.46. The summed E-state index contributed by atoms with van der Waals surface area (Å²) in [5.41, 5.74) is 7.10. The van der Waals surface area contributed by atoms with Gasteiger partial charge in [-0.2, -0.15) is 0 Å². The van der Waals surface area contributed by atoms with E-state index in [0.717, 1.165) is 24.6 Å². The van der Waals surface area contributed by atoms with E-state index in [1.54, 1.807) is 13.2 Å². The summed E-state index contributed by atoms with van der Waals surface area (Å²) in [5, 5.41) is 9.65. The van der Waals surface area contributed by atoms with E-state index in [2.05, 4.69) is 11.8 Å². The smallest absolute Gasteiger partial charge is 0.160 e. The molecule has 1 fully saturated rings. The Balaban J connectivity index is 2.05. The van der Waals surface area contributed by atoms with Gasteiger partial charge in [-0.05, 0) is 43.0 Å². The monoisotopic (exact) mass is 278 g/mol. The van der Waals surface area contributed by atoms with Crippen LogP contribution in [0.5, 0.6) is 11.5 Å². The zero-order valence-electron chi connectivity index (χ0n) is 12.5. The Morgan fingerprint density at radius 1 is 1.45 bits per heavy atom. The molecule has 0 aliphatic carbocycles. The molecule has 3 N–H and O–H groups in total. The third-order valence-corrected chi connectivity index (χ3v) is 4.43. The Bertz CT molecular complexity index is 436. The molecule has 1 heterocycles. The number of aromatic hydroxyl groups is 1. The molecule has 0 radical (unpaired) electrons. The second-order valence-corrected chi connectivity index (χ2v) is 5.66. The van der Waals surface area contributed by atoms with Crippen molar-refractivity contribution in [3.05, 3.63) is 23.8 Å². The number of hydrogen-bond donors (Lipinski definition) is 2. The number of phenolic OH excluding ortho intramolecular Hbond substituents is 1. The number of phenols is 1. The molecule has 4 heteroatoms. The summed E-state index contributed by atoms with van der Waals surface area (Å²) in [4.78, 5) is 2.46. The summed E-state index contributed by atoms with van der Waals surface area (Å²) in [6.07, 6.45) is 3.70. The quantitative estimate of drug-likeness (QED) is 0.868. The van der Waals surface area contributed by atoms with E-state index in [1.165, 1.54) is 19.3 Å². The minimum atomic E-state index is 0.191. The van der Waals surface area contributed by atoms with Crippen LogP contribution in [0.3, 0.4) is 0 Å². The molecule has 20 heavy (non-hydrogen) atoms. The minimum Gasteiger partial charge on any atom is -0.504 e. The van der Waals surface area contributed by atoms with Crippen molar-refractivity contribution < 1.29 is 9.84 Å². The van der Waals surface area contributed by atoms with Crippen molar-refractivity contribution >= 4 is 0 Å². The Hall–Kier alpha value is -1.26. The largest absolute Gasteiger partial charge is 0.504 e. The topological polar surface area (TPSA) is 58.7 Å². The van der Waals surface area contributed by atoms with Crippen molar-refractivity contribution in [1.29, 1.82) is 0 Å². The van der Waals surface area contributed by atoms with Crippen LogP contribution in [0.4, 0.5) is 0 Å². The van der Waals surface area contributed by atoms with Gasteiger partial charge in [0.15, 0.2) is 11.5 Å². The maximum absolute atomic E-state index is 9.65. The van der Waals surface area contributed by atoms with Crippen molar-refractivity contribution in [3.8, 4) is 11.5 Å². The van der Waals surface area contributed by atoms with Gasteiger partial charge in [-0.15, -0.1) is 0 Å². The van der Waals surface area contributed by atoms with Gasteiger partial charge < -0.3 is 15.6 Å². The van der Waals surface area contributed by atoms with E-state index < -0.39 is 0 Å². The van der Waals surface area contributed by atoms with Crippen LogP contribution in [0, 0.1) is 5.92 Å². The first kappa shape index (κ1) is 15.1. The van der Waals surface area contributed by atoms with Crippen LogP contribution in [0.2, 0.25) is 0 Å². The molecule has 1 aliphatic rings. The van der Waals surface area contributed by atoms with Crippen molar-refractivity contribution in [2.45, 2.75) is 38.8 Å². The number of benzene rings is 1. The first-order chi connectivity index (χ1) is 9.67. The SMILES string of the molecule is CCC1CCN(Cc2ccc(O)c(OC)c2)C(CN)C1. The van der Waals surface area contributed by atoms with Gasteiger partial charge in [-0.1, -0.05) is 19.4 Å². The van der Waals surface area contributed by atoms with Gasteiger partial charge in [0, 0.05) is 19.1 Å². The summed E-state index contributed by atoms with van der Waals surface area (Å²) < 4.78 is 5.17. The highest BCUT2D eigenvalue weighted by Crippen LogP contribution is 2.29. The summed E-state index contributed by atoms with van der Waals surface area (Å²) in [7, 11) is 1.58. The lowest BCUT2D eigenvalue weighted by Gasteiger charge is -2.39. The van der Waals surface area contributed by atoms with Crippen molar-refractivity contribution in [1.82, 2.24) is 4.90 Å². The van der Waals surface area contributed by atoms with E-state index >= 15 is 0 Å². The van der Waals surface area contributed by atoms with E-state index in [0.29, 0.717) is 18.3 Å². The highest BCUT2D eigenvalue weighted by Gasteiger charge is 2.26. The van der Waals surface area contributed by atoms with Crippen LogP contribution < -0.4 is 10.5 Å². The van der Waals surface area contributed by atoms with Crippen LogP contribution in [-0.4, -0.2) is 36.2 Å². The summed E-state index contributed by atoms with van der Waals surface area (Å²) in [5.74, 6) is 1.54. The number of rotatable bonds is 5. The number of methoxy groups -OCH3 is 1. The number of piperidine rings is 1. The number of hydrogen-bond acceptors (Lipinski definition) is 4. The van der Waals surface area contributed by atoms with E-state index in [9.17, 15) is 5.11 Å². The molecule has 2 rings (SSSR count). The van der Waals surface area contributed by atoms with Gasteiger partial charge in [0.1, 0.15) is 0 Å². The molecule has 112 valence electrons. The van der Waals surface area contributed by atoms with Gasteiger partial charge in [-0.25, -0.2) is 0 Å². The fourth-order valence-electron chi connectivity index (χ4n) is 3.06. The molecule has 2 unspecified atom stereocenters. The van der Waals surface area contributed by atoms with E-state index in [4.69, 9.17) is 10.5 Å². The number of likely N-dealkylation sites (tertiary alicyclic amines) is 1. The zero-order chi connectivity index (χ0) is 14.5. The summed E-state index contributed by atoms with van der Waals surface area (Å²) >= 11 is 0. The predicted molar refractivity (Wildman–Crippen MR) is 80.9 cm³/mol. The molecule has 1 aromatic carbocycles. The molecule has 1 saturated heterocycles. The van der Waals surface area contributed by atoms with E-state index in [-0.39, 0.29) is 5.75 Å². The number of nitrogens with zero attached hydrogens (tertiary/aromatic N) is 1. The Morgan fingerprint density at radius 2 is 2.25 bits per heavy atom. The Morgan fingerprint density at radius 3 is 2.90 bits per heavy atom. The normalized spacial score (nSPS) is 23.8. The summed E-state index contributed by atoms with van der Waals surface area (Å²) in [6.45, 7) is 4.95. The Labute approximate surface area is 121 Å². The molecule has 1 aromatic rings. The number of ether oxygens (including phenoxy) is 1. The fraction of sp³-hybridized carbons (Fsp3) is 0.625. The van der Waals surface area contributed by atoms with Crippen LogP contribution in [-0.2, 0) is 6.54 Å². The second kappa shape index (κ2) is 6.95. The predicted octanol–water partition coefficient (Wildman–Crippen LogP) is 2.35. The lowest BCUT2D eigenvalue weighted by atomic mass is 9.88. The Kier molecular flexibility index (Phi) is 5.26. The molecule has 0 saturated carbocycles. The van der Waals surface area contributed by atoms with Crippen molar-refractivity contribution in [2.75, 3.05) is 20.2 Å². The zero-order valence-corrected chi connectivity index (χ0v) is 12.5. The number of nitrogens with two attached hydrogens (primary N) is 1. The third-order valence-electron chi connectivity index (χ3n) is 4.43. The van der Waals surface area contributed by atoms with Gasteiger partial charge in [-0.3, -0.25) is 4.90 Å². The molecule has 0 bridgehead atoms. The van der Waals surface area contributed by atoms with Crippen LogP contribution >= 0.6 is 0 Å². The van der Waals surface area contributed by atoms with Crippen LogP contribution in [0.15, 0.2) is 18.2 Å². The molecule has 0 aromatic heterocycles. The fourth-order valence-corrected chi connectivity index (χ4v) is 3.06. The maximum atomic E-state index is 9.65. The molecule has 1 aliphatic heterocycles. The average Bonchev–Trinajstić information content (AvgIpc) is 2.49. The van der Waals surface area contributed by atoms with Crippen molar-refractivity contribution in [3.63, 3.8) is 0 Å². The molecule has 0 amide bonds. The van der Waals surface area contributed by atoms with E-state index in [1.807, 2.05) is 12.1 Å². The van der Waals surface area contributed by atoms with Gasteiger partial charge in [0.05, 0.1) is 7.11 Å². The molecule has 0 spiro atoms. The van der Waals surface area contributed by atoms with Gasteiger partial charge >= 0.3 is 0 Å². The van der Waals surface area contributed by atoms with Crippen LogP contribution in [0.25, 0.3) is 0 Å². The first-order valence-electron chi connectivity index (χ1n) is 7.47. The highest BCUT2D eigenvalue weighted by molar-refractivity contribution is 5.41. The van der Waals surface area contributed by atoms with Crippen LogP contribution in [0.1, 0.15) is 31.7 Å². The van der Waals surface area contributed by atoms with Gasteiger partial charge in [0.2, 0.25) is 0 Å². The highest BCUT2D eigenvalue weighted by atomic mass is 16.5. The average molecular weight is 278 g/mol. The molecular weight excluding hydrogens is 252 g/mol. The lowest BCUT2D eigenvalue weighted by molar-refractivity contribution is 0.107. The first-order valence-corrected chi connectivity index (χ1v) is 7.47. The minimum absolute atomic E-state index is 0.191. The summed E-state index contributed by atoms with van der Waals surface area (Å²) in [6, 6.07) is 6.03. The molecule has 2 atom stereocenters. The standard InChI is InChI=1S/C16H26N2O2/c1-3-12-6-7-18(14(8-12)10-17)11-13-4-5-15(19)16(9-13)20-2/h4-5,9,12,14,19H,3,6-8,10-11,17H2,1-2H3. The maximum Gasteiger partial charge on any atom is 0.160 e. The second-order valence-electron chi connectivity index (χ2n) is 5.66.